The molecule has 22 heavy (non-hydrogen) atoms. The predicted molar refractivity (Wildman–Crippen MR) is 81.5 cm³/mol. The Kier molecular flexibility index (Phi) is 4.08. The van der Waals surface area contributed by atoms with E-state index in [-0.39, 0.29) is 0 Å². The van der Waals surface area contributed by atoms with Gasteiger partial charge in [0.15, 0.2) is 0 Å². The molecule has 2 aromatic rings. The van der Waals surface area contributed by atoms with E-state index in [9.17, 15) is 8.42 Å². The fraction of sp³-hybridized carbons (Fsp3) is 0.462. The topological polar surface area (TPSA) is 93.0 Å². The number of anilines is 1. The van der Waals surface area contributed by atoms with E-state index in [1.807, 2.05) is 10.7 Å². The standard InChI is InChI=1S/C13H18N6O2S/c1-22(20,21)18-6-3-7-19-12(10-18)8-11(17-19)9-16-13-14-4-2-5-15-13/h2,4-5,8H,3,6-7,9-10H2,1H3,(H,14,15,16). The van der Waals surface area contributed by atoms with E-state index in [4.69, 9.17) is 0 Å². The van der Waals surface area contributed by atoms with Crippen molar-refractivity contribution in [2.75, 3.05) is 18.1 Å². The molecule has 0 amide bonds. The van der Waals surface area contributed by atoms with Gasteiger partial charge in [-0.05, 0) is 18.6 Å². The normalized spacial score (nSPS) is 16.0. The molecule has 0 bridgehead atoms. The second-order valence-corrected chi connectivity index (χ2v) is 7.21. The summed E-state index contributed by atoms with van der Waals surface area (Å²) in [5.74, 6) is 0.545. The summed E-state index contributed by atoms with van der Waals surface area (Å²) in [5, 5.41) is 7.62. The number of fused-ring (bicyclic) bond motifs is 1. The summed E-state index contributed by atoms with van der Waals surface area (Å²) in [5.41, 5.74) is 1.76. The molecule has 0 aliphatic carbocycles. The molecule has 0 aromatic carbocycles. The van der Waals surface area contributed by atoms with Crippen LogP contribution in [0, 0.1) is 0 Å². The zero-order valence-electron chi connectivity index (χ0n) is 12.3. The molecule has 3 rings (SSSR count). The summed E-state index contributed by atoms with van der Waals surface area (Å²) in [6.07, 6.45) is 5.34. The lowest BCUT2D eigenvalue weighted by molar-refractivity contribution is 0.414. The maximum Gasteiger partial charge on any atom is 0.222 e. The first-order chi connectivity index (χ1) is 10.5. The van der Waals surface area contributed by atoms with E-state index < -0.39 is 10.0 Å². The fourth-order valence-electron chi connectivity index (χ4n) is 2.42. The number of nitrogens with zero attached hydrogens (tertiary/aromatic N) is 5. The number of aromatic nitrogens is 4. The van der Waals surface area contributed by atoms with Gasteiger partial charge in [0.25, 0.3) is 0 Å². The van der Waals surface area contributed by atoms with Gasteiger partial charge in [-0.2, -0.15) is 9.40 Å². The van der Waals surface area contributed by atoms with E-state index >= 15 is 0 Å². The van der Waals surface area contributed by atoms with Crippen LogP contribution in [0.15, 0.2) is 24.5 Å². The lowest BCUT2D eigenvalue weighted by Crippen LogP contribution is -2.29. The van der Waals surface area contributed by atoms with Gasteiger partial charge >= 0.3 is 0 Å². The van der Waals surface area contributed by atoms with E-state index in [0.29, 0.717) is 25.6 Å². The summed E-state index contributed by atoms with van der Waals surface area (Å²) in [4.78, 5) is 8.18. The van der Waals surface area contributed by atoms with Crippen molar-refractivity contribution in [2.45, 2.75) is 26.1 Å². The molecule has 118 valence electrons. The van der Waals surface area contributed by atoms with E-state index in [2.05, 4.69) is 20.4 Å². The highest BCUT2D eigenvalue weighted by atomic mass is 32.2. The van der Waals surface area contributed by atoms with Gasteiger partial charge in [-0.15, -0.1) is 0 Å². The number of rotatable bonds is 4. The Labute approximate surface area is 129 Å². The lowest BCUT2D eigenvalue weighted by atomic mass is 10.3. The summed E-state index contributed by atoms with van der Waals surface area (Å²) < 4.78 is 26.8. The van der Waals surface area contributed by atoms with Crippen LogP contribution in [0.2, 0.25) is 0 Å². The number of nitrogens with one attached hydrogen (secondary N) is 1. The largest absolute Gasteiger partial charge is 0.348 e. The van der Waals surface area contributed by atoms with Crippen LogP contribution in [0.25, 0.3) is 0 Å². The molecule has 0 radical (unpaired) electrons. The average Bonchev–Trinajstić information content (AvgIpc) is 2.75. The first-order valence-corrected chi connectivity index (χ1v) is 8.89. The second-order valence-electron chi connectivity index (χ2n) is 5.23. The molecule has 8 nitrogen and oxygen atoms in total. The highest BCUT2D eigenvalue weighted by molar-refractivity contribution is 7.88. The molecule has 0 unspecified atom stereocenters. The van der Waals surface area contributed by atoms with Crippen molar-refractivity contribution in [1.82, 2.24) is 24.1 Å². The van der Waals surface area contributed by atoms with E-state index in [1.165, 1.54) is 10.6 Å². The number of hydrogen-bond donors (Lipinski definition) is 1. The van der Waals surface area contributed by atoms with Gasteiger partial charge in [-0.1, -0.05) is 0 Å². The van der Waals surface area contributed by atoms with Crippen molar-refractivity contribution < 1.29 is 8.42 Å². The predicted octanol–water partition coefficient (Wildman–Crippen LogP) is 0.450. The number of hydrogen-bond acceptors (Lipinski definition) is 6. The zero-order chi connectivity index (χ0) is 15.6. The van der Waals surface area contributed by atoms with Crippen LogP contribution >= 0.6 is 0 Å². The lowest BCUT2D eigenvalue weighted by Gasteiger charge is -2.16. The molecule has 0 fully saturated rings. The van der Waals surface area contributed by atoms with Gasteiger partial charge in [0, 0.05) is 25.5 Å². The minimum atomic E-state index is -3.18. The van der Waals surface area contributed by atoms with Gasteiger partial charge in [-0.3, -0.25) is 4.68 Å². The van der Waals surface area contributed by atoms with Gasteiger partial charge in [0.05, 0.1) is 30.7 Å². The van der Waals surface area contributed by atoms with Crippen LogP contribution in [0.5, 0.6) is 0 Å². The molecular weight excluding hydrogens is 304 g/mol. The quantitative estimate of drug-likeness (QED) is 0.878. The zero-order valence-corrected chi connectivity index (χ0v) is 13.1. The molecule has 0 spiro atoms. The van der Waals surface area contributed by atoms with Crippen LogP contribution in [-0.4, -0.2) is 45.3 Å². The smallest absolute Gasteiger partial charge is 0.222 e. The third-order valence-electron chi connectivity index (χ3n) is 3.49. The highest BCUT2D eigenvalue weighted by Crippen LogP contribution is 2.16. The van der Waals surface area contributed by atoms with Crippen LogP contribution in [0.1, 0.15) is 17.8 Å². The fourth-order valence-corrected chi connectivity index (χ4v) is 3.25. The number of sulfonamides is 1. The van der Waals surface area contributed by atoms with Gasteiger partial charge in [0.1, 0.15) is 0 Å². The van der Waals surface area contributed by atoms with Crippen molar-refractivity contribution in [1.29, 1.82) is 0 Å². The van der Waals surface area contributed by atoms with Crippen molar-refractivity contribution in [2.24, 2.45) is 0 Å². The third-order valence-corrected chi connectivity index (χ3v) is 4.74. The Morgan fingerprint density at radius 2 is 2.05 bits per heavy atom. The van der Waals surface area contributed by atoms with Crippen LogP contribution in [0.3, 0.4) is 0 Å². The Morgan fingerprint density at radius 1 is 1.27 bits per heavy atom. The molecule has 1 N–H and O–H groups in total. The molecular formula is C13H18N6O2S. The Hall–Kier alpha value is -2.00. The Morgan fingerprint density at radius 3 is 2.77 bits per heavy atom. The minimum absolute atomic E-state index is 0.369. The van der Waals surface area contributed by atoms with Crippen molar-refractivity contribution >= 4 is 16.0 Å². The maximum absolute atomic E-state index is 11.7. The van der Waals surface area contributed by atoms with Crippen molar-refractivity contribution in [3.05, 3.63) is 35.9 Å². The SMILES string of the molecule is CS(=O)(=O)N1CCCn2nc(CNc3ncccn3)cc2C1. The number of aryl methyl sites for hydroxylation is 1. The molecule has 0 atom stereocenters. The van der Waals surface area contributed by atoms with Gasteiger partial charge < -0.3 is 5.32 Å². The first-order valence-electron chi connectivity index (χ1n) is 7.04. The van der Waals surface area contributed by atoms with Crippen molar-refractivity contribution in [3.63, 3.8) is 0 Å². The molecule has 2 aromatic heterocycles. The maximum atomic E-state index is 11.7. The minimum Gasteiger partial charge on any atom is -0.348 e. The summed E-state index contributed by atoms with van der Waals surface area (Å²) in [7, 11) is -3.18. The van der Waals surface area contributed by atoms with Crippen LogP contribution in [-0.2, 0) is 29.7 Å². The molecule has 0 saturated carbocycles. The monoisotopic (exact) mass is 322 g/mol. The van der Waals surface area contributed by atoms with Crippen LogP contribution in [0.4, 0.5) is 5.95 Å². The van der Waals surface area contributed by atoms with Crippen molar-refractivity contribution in [3.8, 4) is 0 Å². The van der Waals surface area contributed by atoms with Gasteiger partial charge in [-0.25, -0.2) is 18.4 Å². The van der Waals surface area contributed by atoms with E-state index in [0.717, 1.165) is 24.4 Å². The molecule has 1 aliphatic rings. The Balaban J connectivity index is 1.72. The second kappa shape index (κ2) is 6.01. The molecule has 3 heterocycles. The molecule has 9 heteroatoms. The average molecular weight is 322 g/mol. The highest BCUT2D eigenvalue weighted by Gasteiger charge is 2.22. The third kappa shape index (κ3) is 3.42. The Bertz CT molecular complexity index is 743. The summed E-state index contributed by atoms with van der Waals surface area (Å²) in [6, 6.07) is 3.68. The van der Waals surface area contributed by atoms with Crippen LogP contribution < -0.4 is 5.32 Å². The van der Waals surface area contributed by atoms with E-state index in [1.54, 1.807) is 18.5 Å². The van der Waals surface area contributed by atoms with Gasteiger partial charge in [0.2, 0.25) is 16.0 Å². The summed E-state index contributed by atoms with van der Waals surface area (Å²) >= 11 is 0. The molecule has 0 saturated heterocycles. The first kappa shape index (κ1) is 14.9. The molecule has 1 aliphatic heterocycles. The summed E-state index contributed by atoms with van der Waals surface area (Å²) in [6.45, 7) is 2.13.